The number of halogens is 3. The maximum atomic E-state index is 12.7. The molecule has 4 aromatic rings. The molecule has 0 amide bonds. The summed E-state index contributed by atoms with van der Waals surface area (Å²) in [5.41, 5.74) is 3.65. The highest BCUT2D eigenvalue weighted by Gasteiger charge is 2.30. The Kier molecular flexibility index (Phi) is 12.4. The number of hydrogen-bond donors (Lipinski definition) is 0. The number of methoxy groups -OCH3 is 1. The average molecular weight is 628 g/mol. The summed E-state index contributed by atoms with van der Waals surface area (Å²) in [6.07, 6.45) is 3.80. The van der Waals surface area contributed by atoms with Crippen molar-refractivity contribution in [3.8, 4) is 17.6 Å². The Labute approximate surface area is 267 Å². The number of para-hydroxylation sites is 1. The largest absolute Gasteiger partial charge is 0.494 e. The molecular formula is C38H36F3NO4. The molecule has 0 spiro atoms. The van der Waals surface area contributed by atoms with Crippen molar-refractivity contribution in [2.45, 2.75) is 38.3 Å². The summed E-state index contributed by atoms with van der Waals surface area (Å²) >= 11 is 0. The number of aryl methyl sites for hydroxylation is 1. The molecule has 1 unspecified atom stereocenters. The van der Waals surface area contributed by atoms with Gasteiger partial charge in [0, 0.05) is 5.56 Å². The Bertz CT molecular complexity index is 1610. The maximum absolute atomic E-state index is 12.7. The van der Waals surface area contributed by atoms with Gasteiger partial charge in [0.1, 0.15) is 11.5 Å². The highest BCUT2D eigenvalue weighted by Crippen LogP contribution is 2.30. The van der Waals surface area contributed by atoms with Crippen LogP contribution in [0.1, 0.15) is 57.4 Å². The number of unbranched alkanes of at least 4 members (excludes halogenated alkanes) is 1. The van der Waals surface area contributed by atoms with Crippen molar-refractivity contribution in [3.63, 3.8) is 0 Å². The van der Waals surface area contributed by atoms with E-state index in [1.54, 1.807) is 12.1 Å². The summed E-state index contributed by atoms with van der Waals surface area (Å²) < 4.78 is 54.7. The summed E-state index contributed by atoms with van der Waals surface area (Å²) in [7, 11) is 1.37. The molecule has 0 heterocycles. The summed E-state index contributed by atoms with van der Waals surface area (Å²) in [5, 5.41) is 9.17. The second-order valence-corrected chi connectivity index (χ2v) is 10.8. The van der Waals surface area contributed by atoms with E-state index in [0.717, 1.165) is 60.3 Å². The van der Waals surface area contributed by atoms with Crippen molar-refractivity contribution in [3.05, 3.63) is 137 Å². The Morgan fingerprint density at radius 1 is 0.848 bits per heavy atom. The normalized spacial score (nSPS) is 12.0. The molecule has 5 nitrogen and oxygen atoms in total. The lowest BCUT2D eigenvalue weighted by atomic mass is 9.91. The van der Waals surface area contributed by atoms with E-state index in [1.807, 2.05) is 60.7 Å². The van der Waals surface area contributed by atoms with Gasteiger partial charge >= 0.3 is 12.1 Å². The Morgan fingerprint density at radius 2 is 1.50 bits per heavy atom. The van der Waals surface area contributed by atoms with Gasteiger partial charge in [-0.25, -0.2) is 4.79 Å². The number of allylic oxidation sites excluding steroid dienone is 1. The van der Waals surface area contributed by atoms with Crippen molar-refractivity contribution >= 4 is 12.0 Å². The van der Waals surface area contributed by atoms with Crippen LogP contribution in [0.4, 0.5) is 13.2 Å². The molecule has 4 rings (SSSR count). The summed E-state index contributed by atoms with van der Waals surface area (Å²) in [5.74, 6) is 1.00. The monoisotopic (exact) mass is 627 g/mol. The van der Waals surface area contributed by atoms with Crippen LogP contribution in [-0.4, -0.2) is 26.3 Å². The number of rotatable bonds is 15. The van der Waals surface area contributed by atoms with E-state index in [9.17, 15) is 18.0 Å². The molecule has 0 fully saturated rings. The minimum atomic E-state index is -4.37. The summed E-state index contributed by atoms with van der Waals surface area (Å²) in [6, 6.07) is 29.8. The lowest BCUT2D eigenvalue weighted by Crippen LogP contribution is -2.06. The number of ether oxygens (including phenoxy) is 3. The van der Waals surface area contributed by atoms with Crippen molar-refractivity contribution in [1.29, 1.82) is 5.26 Å². The van der Waals surface area contributed by atoms with E-state index in [-0.39, 0.29) is 11.9 Å². The fourth-order valence-corrected chi connectivity index (χ4v) is 4.87. The van der Waals surface area contributed by atoms with Gasteiger partial charge in [-0.3, -0.25) is 0 Å². The van der Waals surface area contributed by atoms with Gasteiger partial charge in [-0.15, -0.1) is 0 Å². The molecule has 46 heavy (non-hydrogen) atoms. The lowest BCUT2D eigenvalue weighted by molar-refractivity contribution is -0.137. The number of benzene rings is 4. The predicted octanol–water partition coefficient (Wildman–Crippen LogP) is 9.11. The lowest BCUT2D eigenvalue weighted by Gasteiger charge is -2.15. The molecule has 1 atom stereocenters. The average Bonchev–Trinajstić information content (AvgIpc) is 3.08. The zero-order valence-corrected chi connectivity index (χ0v) is 25.6. The number of alkyl halides is 3. The SMILES string of the molecule is COC(=O)c1ccc(CCC(C=Cc2ccccc2OCCCCOc2ccc(C(F)(F)F)cc2)Cc2ccc(C#N)cc2)cc1. The molecule has 0 aliphatic carbocycles. The Morgan fingerprint density at radius 3 is 2.15 bits per heavy atom. The van der Waals surface area contributed by atoms with E-state index in [1.165, 1.54) is 19.2 Å². The molecule has 4 aromatic carbocycles. The molecule has 0 aliphatic heterocycles. The number of hydrogen-bond acceptors (Lipinski definition) is 5. The predicted molar refractivity (Wildman–Crippen MR) is 172 cm³/mol. The van der Waals surface area contributed by atoms with Gasteiger partial charge in [0.15, 0.2) is 0 Å². The first kappa shape index (κ1) is 33.9. The van der Waals surface area contributed by atoms with Crippen molar-refractivity contribution in [2.75, 3.05) is 20.3 Å². The van der Waals surface area contributed by atoms with Crippen LogP contribution in [0, 0.1) is 17.2 Å². The standard InChI is InChI=1S/C38H36F3NO4/c1-44-37(43)33-18-14-28(15-19-33)8-9-30(26-29-10-12-31(27-42)13-11-29)16-17-32-6-2-3-7-36(32)46-25-5-4-24-45-35-22-20-34(21-23-35)38(39,40)41/h2-3,6-7,10-23,30H,4-5,8-9,24-26H2,1H3. The second-order valence-electron chi connectivity index (χ2n) is 10.8. The zero-order valence-electron chi connectivity index (χ0n) is 25.6. The summed E-state index contributed by atoms with van der Waals surface area (Å²) in [4.78, 5) is 11.8. The van der Waals surface area contributed by atoms with Gasteiger partial charge in [-0.1, -0.05) is 54.6 Å². The van der Waals surface area contributed by atoms with Gasteiger partial charge < -0.3 is 14.2 Å². The van der Waals surface area contributed by atoms with E-state index < -0.39 is 11.7 Å². The first-order valence-corrected chi connectivity index (χ1v) is 15.1. The fourth-order valence-electron chi connectivity index (χ4n) is 4.87. The molecule has 0 aromatic heterocycles. The highest BCUT2D eigenvalue weighted by molar-refractivity contribution is 5.89. The third kappa shape index (κ3) is 10.6. The van der Waals surface area contributed by atoms with Crippen LogP contribution in [0.3, 0.4) is 0 Å². The van der Waals surface area contributed by atoms with Crippen LogP contribution in [0.25, 0.3) is 6.08 Å². The van der Waals surface area contributed by atoms with Crippen LogP contribution in [-0.2, 0) is 23.8 Å². The second kappa shape index (κ2) is 16.9. The number of esters is 1. The van der Waals surface area contributed by atoms with Gasteiger partial charge in [0.2, 0.25) is 0 Å². The fraction of sp³-hybridized carbons (Fsp3) is 0.263. The molecular weight excluding hydrogens is 591 g/mol. The zero-order chi connectivity index (χ0) is 32.8. The molecule has 0 saturated carbocycles. The Hall–Kier alpha value is -5.03. The van der Waals surface area contributed by atoms with Crippen molar-refractivity contribution in [2.24, 2.45) is 5.92 Å². The first-order chi connectivity index (χ1) is 22.2. The Balaban J connectivity index is 1.33. The minimum absolute atomic E-state index is 0.198. The van der Waals surface area contributed by atoms with Gasteiger partial charge in [-0.05, 0) is 104 Å². The summed E-state index contributed by atoms with van der Waals surface area (Å²) in [6.45, 7) is 0.843. The number of nitrogens with zero attached hydrogens (tertiary/aromatic N) is 1. The number of nitriles is 1. The topological polar surface area (TPSA) is 68.6 Å². The van der Waals surface area contributed by atoms with E-state index in [0.29, 0.717) is 36.5 Å². The smallest absolute Gasteiger partial charge is 0.416 e. The number of carbonyl (C=O) groups is 1. The van der Waals surface area contributed by atoms with Crippen LogP contribution in [0.5, 0.6) is 11.5 Å². The van der Waals surface area contributed by atoms with E-state index in [2.05, 4.69) is 18.2 Å². The van der Waals surface area contributed by atoms with Crippen LogP contribution in [0.15, 0.2) is 103 Å². The molecule has 0 N–H and O–H groups in total. The molecule has 238 valence electrons. The van der Waals surface area contributed by atoms with Gasteiger partial charge in [-0.2, -0.15) is 18.4 Å². The third-order valence-corrected chi connectivity index (χ3v) is 7.47. The maximum Gasteiger partial charge on any atom is 0.416 e. The van der Waals surface area contributed by atoms with Crippen molar-refractivity contribution in [1.82, 2.24) is 0 Å². The minimum Gasteiger partial charge on any atom is -0.494 e. The van der Waals surface area contributed by atoms with Crippen LogP contribution >= 0.6 is 0 Å². The quantitative estimate of drug-likeness (QED) is 0.0972. The van der Waals surface area contributed by atoms with Gasteiger partial charge in [0.05, 0.1) is 43.1 Å². The van der Waals surface area contributed by atoms with Gasteiger partial charge in [0.25, 0.3) is 0 Å². The molecule has 0 radical (unpaired) electrons. The number of carbonyl (C=O) groups excluding carboxylic acids is 1. The van der Waals surface area contributed by atoms with Crippen LogP contribution < -0.4 is 9.47 Å². The first-order valence-electron chi connectivity index (χ1n) is 15.1. The third-order valence-electron chi connectivity index (χ3n) is 7.47. The molecule has 8 heteroatoms. The van der Waals surface area contributed by atoms with E-state index in [4.69, 9.17) is 19.5 Å². The molecule has 0 aliphatic rings. The van der Waals surface area contributed by atoms with Crippen molar-refractivity contribution < 1.29 is 32.2 Å². The molecule has 0 bridgehead atoms. The van der Waals surface area contributed by atoms with Crippen LogP contribution in [0.2, 0.25) is 0 Å². The molecule has 0 saturated heterocycles. The van der Waals surface area contributed by atoms with E-state index >= 15 is 0 Å². The highest BCUT2D eigenvalue weighted by atomic mass is 19.4.